The van der Waals surface area contributed by atoms with E-state index < -0.39 is 27.8 Å². The molecule has 0 unspecified atom stereocenters. The quantitative estimate of drug-likeness (QED) is 0.609. The van der Waals surface area contributed by atoms with Crippen molar-refractivity contribution in [3.63, 3.8) is 0 Å². The van der Waals surface area contributed by atoms with Crippen LogP contribution in [0.25, 0.3) is 10.8 Å². The van der Waals surface area contributed by atoms with E-state index >= 15 is 0 Å². The second kappa shape index (κ2) is 9.50. The molecule has 9 heteroatoms. The van der Waals surface area contributed by atoms with Crippen molar-refractivity contribution in [1.29, 1.82) is 0 Å². The number of carbonyl (C=O) groups excluding carboxylic acids is 1. The molecular weight excluding hydrogens is 418 g/mol. The van der Waals surface area contributed by atoms with Crippen LogP contribution in [0.4, 0.5) is 4.79 Å². The summed E-state index contributed by atoms with van der Waals surface area (Å²) in [4.78, 5) is 18.4. The van der Waals surface area contributed by atoms with E-state index in [1.165, 1.54) is 4.90 Å². The number of aliphatic hydroxyl groups is 1. The Kier molecular flexibility index (Phi) is 7.18. The zero-order valence-corrected chi connectivity index (χ0v) is 19.1. The molecule has 1 aliphatic rings. The van der Waals surface area contributed by atoms with Crippen LogP contribution in [0.1, 0.15) is 40.0 Å². The molecule has 2 aromatic rings. The molecule has 2 N–H and O–H groups in total. The highest BCUT2D eigenvalue weighted by Crippen LogP contribution is 2.34. The van der Waals surface area contributed by atoms with E-state index in [0.29, 0.717) is 11.8 Å². The summed E-state index contributed by atoms with van der Waals surface area (Å²) in [5.41, 5.74) is -0.667. The third-order valence-corrected chi connectivity index (χ3v) is 6.63. The Morgan fingerprint density at radius 2 is 2.06 bits per heavy atom. The van der Waals surface area contributed by atoms with Crippen molar-refractivity contribution in [2.75, 3.05) is 19.7 Å². The van der Waals surface area contributed by atoms with Crippen molar-refractivity contribution >= 4 is 26.9 Å². The molecule has 8 nitrogen and oxygen atoms in total. The molecule has 1 heterocycles. The second-order valence-electron chi connectivity index (χ2n) is 8.92. The SMILES string of the molecule is CC(C)(C)OC(=O)N(CCCO)C[C@H](NS(=O)(=O)c1cccc2cnccc12)C1CC1. The van der Waals surface area contributed by atoms with Crippen molar-refractivity contribution in [1.82, 2.24) is 14.6 Å². The fourth-order valence-electron chi connectivity index (χ4n) is 3.45. The molecule has 1 fully saturated rings. The molecule has 0 saturated heterocycles. The minimum Gasteiger partial charge on any atom is -0.444 e. The average molecular weight is 450 g/mol. The van der Waals surface area contributed by atoms with E-state index in [-0.39, 0.29) is 30.5 Å². The Hall–Kier alpha value is -2.23. The lowest BCUT2D eigenvalue weighted by Gasteiger charge is -2.30. The number of aromatic nitrogens is 1. The van der Waals surface area contributed by atoms with E-state index in [2.05, 4.69) is 9.71 Å². The molecule has 1 aliphatic carbocycles. The first-order valence-electron chi connectivity index (χ1n) is 10.5. The minimum atomic E-state index is -3.82. The summed E-state index contributed by atoms with van der Waals surface area (Å²) in [6, 6.07) is 6.34. The van der Waals surface area contributed by atoms with Gasteiger partial charge in [0.2, 0.25) is 10.0 Å². The predicted octanol–water partition coefficient (Wildman–Crippen LogP) is 2.91. The third-order valence-electron chi connectivity index (χ3n) is 5.08. The topological polar surface area (TPSA) is 109 Å². The molecular formula is C22H31N3O5S. The zero-order valence-electron chi connectivity index (χ0n) is 18.2. The average Bonchev–Trinajstić information content (AvgIpc) is 3.53. The number of benzene rings is 1. The first kappa shape index (κ1) is 23.4. The van der Waals surface area contributed by atoms with E-state index in [0.717, 1.165) is 18.2 Å². The number of hydrogen-bond donors (Lipinski definition) is 2. The standard InChI is InChI=1S/C22H31N3O5S/c1-22(2,3)30-21(27)25(12-5-13-26)15-19(16-8-9-16)24-31(28,29)20-7-4-6-17-14-23-11-10-18(17)20/h4,6-7,10-11,14,16,19,24,26H,5,8-9,12-13,15H2,1-3H3/t19-/m0/s1. The van der Waals surface area contributed by atoms with Gasteiger partial charge in [-0.25, -0.2) is 17.9 Å². The smallest absolute Gasteiger partial charge is 0.410 e. The van der Waals surface area contributed by atoms with Crippen LogP contribution in [0, 0.1) is 5.92 Å². The van der Waals surface area contributed by atoms with Crippen LogP contribution in [0.2, 0.25) is 0 Å². The summed E-state index contributed by atoms with van der Waals surface area (Å²) in [6.07, 6.45) is 4.87. The first-order valence-corrected chi connectivity index (χ1v) is 12.0. The minimum absolute atomic E-state index is 0.0663. The highest BCUT2D eigenvalue weighted by atomic mass is 32.2. The van der Waals surface area contributed by atoms with Crippen molar-refractivity contribution in [2.45, 2.75) is 56.6 Å². The number of rotatable bonds is 9. The summed E-state index contributed by atoms with van der Waals surface area (Å²) in [5, 5.41) is 10.6. The molecule has 1 aromatic carbocycles. The Labute approximate surface area is 183 Å². The molecule has 0 aliphatic heterocycles. The molecule has 1 aromatic heterocycles. The lowest BCUT2D eigenvalue weighted by atomic mass is 10.2. The van der Waals surface area contributed by atoms with Crippen LogP contribution < -0.4 is 4.72 Å². The van der Waals surface area contributed by atoms with Gasteiger partial charge < -0.3 is 14.7 Å². The number of nitrogens with zero attached hydrogens (tertiary/aromatic N) is 2. The van der Waals surface area contributed by atoms with Crippen LogP contribution in [0.15, 0.2) is 41.6 Å². The summed E-state index contributed by atoms with van der Waals surface area (Å²) in [6.45, 7) is 5.76. The van der Waals surface area contributed by atoms with Gasteiger partial charge in [0.15, 0.2) is 0 Å². The van der Waals surface area contributed by atoms with Gasteiger partial charge in [0.1, 0.15) is 5.60 Å². The lowest BCUT2D eigenvalue weighted by molar-refractivity contribution is 0.0222. The molecule has 0 spiro atoms. The van der Waals surface area contributed by atoms with E-state index in [9.17, 15) is 18.3 Å². The molecule has 1 atom stereocenters. The zero-order chi connectivity index (χ0) is 22.6. The van der Waals surface area contributed by atoms with Crippen LogP contribution >= 0.6 is 0 Å². The fourth-order valence-corrected chi connectivity index (χ4v) is 4.98. The Bertz CT molecular complexity index is 1010. The summed E-state index contributed by atoms with van der Waals surface area (Å²) in [7, 11) is -3.82. The first-order chi connectivity index (χ1) is 14.6. The maximum Gasteiger partial charge on any atom is 0.410 e. The number of pyridine rings is 1. The molecule has 1 amide bonds. The number of fused-ring (bicyclic) bond motifs is 1. The fraction of sp³-hybridized carbons (Fsp3) is 0.545. The van der Waals surface area contributed by atoms with E-state index in [1.54, 1.807) is 51.4 Å². The van der Waals surface area contributed by atoms with Gasteiger partial charge in [0, 0.05) is 48.9 Å². The third kappa shape index (κ3) is 6.38. The highest BCUT2D eigenvalue weighted by Gasteiger charge is 2.37. The lowest BCUT2D eigenvalue weighted by Crippen LogP contribution is -2.48. The number of aliphatic hydroxyl groups excluding tert-OH is 1. The van der Waals surface area contributed by atoms with Crippen LogP contribution in [-0.4, -0.2) is 60.8 Å². The molecule has 170 valence electrons. The maximum atomic E-state index is 13.3. The van der Waals surface area contributed by atoms with Gasteiger partial charge in [-0.2, -0.15) is 0 Å². The van der Waals surface area contributed by atoms with Crippen LogP contribution in [0.3, 0.4) is 0 Å². The largest absolute Gasteiger partial charge is 0.444 e. The number of hydrogen-bond acceptors (Lipinski definition) is 6. The van der Waals surface area contributed by atoms with Crippen molar-refractivity contribution in [3.05, 3.63) is 36.7 Å². The van der Waals surface area contributed by atoms with Crippen molar-refractivity contribution < 1.29 is 23.1 Å². The monoisotopic (exact) mass is 449 g/mol. The maximum absolute atomic E-state index is 13.3. The molecule has 0 radical (unpaired) electrons. The summed E-state index contributed by atoms with van der Waals surface area (Å²) in [5.74, 6) is 0.158. The molecule has 1 saturated carbocycles. The predicted molar refractivity (Wildman–Crippen MR) is 118 cm³/mol. The summed E-state index contributed by atoms with van der Waals surface area (Å²) < 4.78 is 34.9. The second-order valence-corrected chi connectivity index (χ2v) is 10.6. The Morgan fingerprint density at radius 1 is 1.32 bits per heavy atom. The van der Waals surface area contributed by atoms with E-state index in [4.69, 9.17) is 4.74 Å². The molecule has 0 bridgehead atoms. The number of carbonyl (C=O) groups is 1. The number of sulfonamides is 1. The molecule has 31 heavy (non-hydrogen) atoms. The van der Waals surface area contributed by atoms with Gasteiger partial charge in [-0.3, -0.25) is 4.98 Å². The van der Waals surface area contributed by atoms with Gasteiger partial charge in [0.25, 0.3) is 0 Å². The Balaban J connectivity index is 1.83. The van der Waals surface area contributed by atoms with Gasteiger partial charge >= 0.3 is 6.09 Å². The van der Waals surface area contributed by atoms with Crippen LogP contribution in [0.5, 0.6) is 0 Å². The van der Waals surface area contributed by atoms with Crippen molar-refractivity contribution in [3.8, 4) is 0 Å². The van der Waals surface area contributed by atoms with E-state index in [1.807, 2.05) is 6.07 Å². The highest BCUT2D eigenvalue weighted by molar-refractivity contribution is 7.89. The van der Waals surface area contributed by atoms with Crippen molar-refractivity contribution in [2.24, 2.45) is 5.92 Å². The Morgan fingerprint density at radius 3 is 2.71 bits per heavy atom. The number of ether oxygens (including phenoxy) is 1. The van der Waals surface area contributed by atoms with Gasteiger partial charge in [-0.15, -0.1) is 0 Å². The normalized spacial score (nSPS) is 15.6. The van der Waals surface area contributed by atoms with Gasteiger partial charge in [0.05, 0.1) is 4.90 Å². The number of amides is 1. The number of nitrogens with one attached hydrogen (secondary N) is 1. The van der Waals surface area contributed by atoms with Crippen LogP contribution in [-0.2, 0) is 14.8 Å². The van der Waals surface area contributed by atoms with Gasteiger partial charge in [-0.1, -0.05) is 12.1 Å². The molecule has 3 rings (SSSR count). The van der Waals surface area contributed by atoms with Gasteiger partial charge in [-0.05, 0) is 58.1 Å². The summed E-state index contributed by atoms with van der Waals surface area (Å²) >= 11 is 0.